The molecule has 8 heteroatoms. The molecule has 1 fully saturated rings. The number of amides is 1. The van der Waals surface area contributed by atoms with Crippen LogP contribution in [0, 0.1) is 6.92 Å². The van der Waals surface area contributed by atoms with Crippen molar-refractivity contribution >= 4 is 16.8 Å². The van der Waals surface area contributed by atoms with Crippen molar-refractivity contribution < 1.29 is 14.1 Å². The largest absolute Gasteiger partial charge is 0.495 e. The third-order valence-corrected chi connectivity index (χ3v) is 6.66. The maximum atomic E-state index is 11.6. The fourth-order valence-corrected chi connectivity index (χ4v) is 4.78. The number of nitrogens with two attached hydrogens (primary N) is 1. The van der Waals surface area contributed by atoms with Crippen LogP contribution in [0.2, 0.25) is 0 Å². The molecule has 3 aromatic heterocycles. The Kier molecular flexibility index (Phi) is 6.06. The van der Waals surface area contributed by atoms with Gasteiger partial charge in [-0.05, 0) is 55.5 Å². The Morgan fingerprint density at radius 1 is 1.18 bits per heavy atom. The van der Waals surface area contributed by atoms with Crippen molar-refractivity contribution in [3.05, 3.63) is 65.6 Å². The van der Waals surface area contributed by atoms with Gasteiger partial charge in [-0.25, -0.2) is 4.98 Å². The number of carbonyl (C=O) groups is 1. The van der Waals surface area contributed by atoms with Crippen LogP contribution in [-0.2, 0) is 6.42 Å². The van der Waals surface area contributed by atoms with Gasteiger partial charge in [0, 0.05) is 55.4 Å². The summed E-state index contributed by atoms with van der Waals surface area (Å²) in [7, 11) is 1.68. The van der Waals surface area contributed by atoms with Crippen LogP contribution in [0.15, 0.2) is 53.2 Å². The van der Waals surface area contributed by atoms with Crippen molar-refractivity contribution in [1.82, 2.24) is 19.6 Å². The number of pyridine rings is 1. The van der Waals surface area contributed by atoms with E-state index in [1.807, 2.05) is 37.3 Å². The molecule has 34 heavy (non-hydrogen) atoms. The number of nitrogens with zero attached hydrogens (tertiary/aromatic N) is 4. The number of ether oxygens (including phenoxy) is 1. The maximum Gasteiger partial charge on any atom is 0.248 e. The number of likely N-dealkylation sites (tertiary alicyclic amines) is 1. The van der Waals surface area contributed by atoms with Gasteiger partial charge in [0.2, 0.25) is 5.91 Å². The minimum Gasteiger partial charge on any atom is -0.495 e. The van der Waals surface area contributed by atoms with Gasteiger partial charge in [-0.1, -0.05) is 11.2 Å². The van der Waals surface area contributed by atoms with E-state index < -0.39 is 5.91 Å². The van der Waals surface area contributed by atoms with E-state index in [4.69, 9.17) is 20.0 Å². The zero-order valence-electron chi connectivity index (χ0n) is 19.5. The lowest BCUT2D eigenvalue weighted by molar-refractivity contribution is 0.100. The highest BCUT2D eigenvalue weighted by molar-refractivity contribution is 5.97. The summed E-state index contributed by atoms with van der Waals surface area (Å²) < 4.78 is 13.2. The van der Waals surface area contributed by atoms with Crippen LogP contribution in [0.4, 0.5) is 0 Å². The van der Waals surface area contributed by atoms with Gasteiger partial charge in [-0.15, -0.1) is 0 Å². The summed E-state index contributed by atoms with van der Waals surface area (Å²) in [4.78, 5) is 18.9. The van der Waals surface area contributed by atoms with Crippen LogP contribution >= 0.6 is 0 Å². The number of aromatic nitrogens is 3. The first-order valence-electron chi connectivity index (χ1n) is 11.6. The number of hydrogen-bond acceptors (Lipinski definition) is 6. The number of benzene rings is 1. The van der Waals surface area contributed by atoms with Crippen molar-refractivity contribution in [1.29, 1.82) is 0 Å². The van der Waals surface area contributed by atoms with E-state index in [0.29, 0.717) is 17.4 Å². The molecule has 2 N–H and O–H groups in total. The molecule has 1 saturated heterocycles. The molecule has 1 aliphatic heterocycles. The van der Waals surface area contributed by atoms with E-state index in [-0.39, 0.29) is 0 Å². The summed E-state index contributed by atoms with van der Waals surface area (Å²) in [5.74, 6) is 1.07. The molecule has 0 saturated carbocycles. The molecule has 1 aromatic carbocycles. The zero-order valence-corrected chi connectivity index (χ0v) is 19.5. The number of primary amides is 1. The molecular formula is C26H29N5O3. The molecule has 4 heterocycles. The first-order valence-corrected chi connectivity index (χ1v) is 11.6. The predicted octanol–water partition coefficient (Wildman–Crippen LogP) is 3.99. The highest BCUT2D eigenvalue weighted by Gasteiger charge is 2.22. The highest BCUT2D eigenvalue weighted by Crippen LogP contribution is 2.29. The molecule has 0 bridgehead atoms. The summed E-state index contributed by atoms with van der Waals surface area (Å²) in [5.41, 5.74) is 9.63. The Morgan fingerprint density at radius 3 is 2.71 bits per heavy atom. The SMILES string of the molecule is COc1ccc(-c2cc(C)no2)nc1CCN1CCC(n2ccc3ccc(C(N)=O)cc32)CC1. The Balaban J connectivity index is 1.24. The molecule has 1 aliphatic rings. The van der Waals surface area contributed by atoms with Crippen molar-refractivity contribution in [2.75, 3.05) is 26.7 Å². The predicted molar refractivity (Wildman–Crippen MR) is 130 cm³/mol. The number of aryl methyl sites for hydroxylation is 1. The van der Waals surface area contributed by atoms with Gasteiger partial charge in [0.05, 0.1) is 18.5 Å². The molecule has 0 aliphatic carbocycles. The van der Waals surface area contributed by atoms with Crippen molar-refractivity contribution in [3.63, 3.8) is 0 Å². The second-order valence-corrected chi connectivity index (χ2v) is 8.86. The summed E-state index contributed by atoms with van der Waals surface area (Å²) in [5, 5.41) is 5.10. The molecule has 1 amide bonds. The number of rotatable bonds is 7. The van der Waals surface area contributed by atoms with E-state index in [2.05, 4.69) is 26.9 Å². The number of fused-ring (bicyclic) bond motifs is 1. The van der Waals surface area contributed by atoms with Gasteiger partial charge in [0.15, 0.2) is 5.76 Å². The number of methoxy groups -OCH3 is 1. The minimum atomic E-state index is -0.393. The number of hydrogen-bond donors (Lipinski definition) is 1. The molecule has 8 nitrogen and oxygen atoms in total. The van der Waals surface area contributed by atoms with Gasteiger partial charge in [0.25, 0.3) is 0 Å². The third-order valence-electron chi connectivity index (χ3n) is 6.66. The first-order chi connectivity index (χ1) is 16.5. The van der Waals surface area contributed by atoms with E-state index in [1.54, 1.807) is 13.2 Å². The second kappa shape index (κ2) is 9.30. The normalized spacial score (nSPS) is 15.1. The molecule has 0 atom stereocenters. The number of piperidine rings is 1. The topological polar surface area (TPSA) is 99.4 Å². The molecule has 176 valence electrons. The lowest BCUT2D eigenvalue weighted by atomic mass is 10.0. The summed E-state index contributed by atoms with van der Waals surface area (Å²) in [6.45, 7) is 4.81. The summed E-state index contributed by atoms with van der Waals surface area (Å²) >= 11 is 0. The summed E-state index contributed by atoms with van der Waals surface area (Å²) in [6, 6.07) is 13.9. The first kappa shape index (κ1) is 22.2. The van der Waals surface area contributed by atoms with Crippen molar-refractivity contribution in [2.45, 2.75) is 32.2 Å². The second-order valence-electron chi connectivity index (χ2n) is 8.86. The van der Waals surface area contributed by atoms with E-state index in [9.17, 15) is 4.79 Å². The van der Waals surface area contributed by atoms with Gasteiger partial charge in [0.1, 0.15) is 11.4 Å². The monoisotopic (exact) mass is 459 g/mol. The fraction of sp³-hybridized carbons (Fsp3) is 0.346. The average molecular weight is 460 g/mol. The highest BCUT2D eigenvalue weighted by atomic mass is 16.5. The average Bonchev–Trinajstić information content (AvgIpc) is 3.48. The zero-order chi connectivity index (χ0) is 23.7. The Bertz CT molecular complexity index is 1320. The van der Waals surface area contributed by atoms with Crippen LogP contribution < -0.4 is 10.5 Å². The Hall–Kier alpha value is -3.65. The van der Waals surface area contributed by atoms with E-state index in [0.717, 1.165) is 72.6 Å². The van der Waals surface area contributed by atoms with Crippen LogP contribution in [0.25, 0.3) is 22.4 Å². The van der Waals surface area contributed by atoms with Gasteiger partial charge < -0.3 is 24.5 Å². The third kappa shape index (κ3) is 4.41. The summed E-state index contributed by atoms with van der Waals surface area (Å²) in [6.07, 6.45) is 5.02. The van der Waals surface area contributed by atoms with Crippen LogP contribution in [0.1, 0.15) is 40.6 Å². The van der Waals surface area contributed by atoms with Gasteiger partial charge >= 0.3 is 0 Å². The molecule has 0 spiro atoms. The van der Waals surface area contributed by atoms with Crippen molar-refractivity contribution in [3.8, 4) is 17.2 Å². The van der Waals surface area contributed by atoms with E-state index in [1.165, 1.54) is 0 Å². The molecule has 0 radical (unpaired) electrons. The van der Waals surface area contributed by atoms with Crippen LogP contribution in [-0.4, -0.2) is 52.3 Å². The van der Waals surface area contributed by atoms with Crippen molar-refractivity contribution in [2.24, 2.45) is 5.73 Å². The lowest BCUT2D eigenvalue weighted by Crippen LogP contribution is -2.36. The van der Waals surface area contributed by atoms with Crippen LogP contribution in [0.3, 0.4) is 0 Å². The fourth-order valence-electron chi connectivity index (χ4n) is 4.78. The molecule has 5 rings (SSSR count). The standard InChI is InChI=1S/C26H29N5O3/c1-17-15-25(34-29-17)21-5-6-24(33-2)22(28-21)10-13-30-11-8-20(9-12-30)31-14-7-18-3-4-19(26(27)32)16-23(18)31/h3-7,14-16,20H,8-13H2,1-2H3,(H2,27,32). The molecule has 0 unspecified atom stereocenters. The Labute approximate surface area is 198 Å². The molecule has 4 aromatic rings. The molecular weight excluding hydrogens is 430 g/mol. The van der Waals surface area contributed by atoms with Gasteiger partial charge in [-0.3, -0.25) is 4.79 Å². The van der Waals surface area contributed by atoms with E-state index >= 15 is 0 Å². The Morgan fingerprint density at radius 2 is 2.00 bits per heavy atom. The van der Waals surface area contributed by atoms with Gasteiger partial charge in [-0.2, -0.15) is 0 Å². The maximum absolute atomic E-state index is 11.6. The lowest BCUT2D eigenvalue weighted by Gasteiger charge is -2.33. The number of carbonyl (C=O) groups excluding carboxylic acids is 1. The smallest absolute Gasteiger partial charge is 0.248 e. The quantitative estimate of drug-likeness (QED) is 0.449. The van der Waals surface area contributed by atoms with Crippen LogP contribution in [0.5, 0.6) is 5.75 Å². The minimum absolute atomic E-state index is 0.393.